The molecule has 6 heteroatoms. The van der Waals surface area contributed by atoms with Crippen LogP contribution in [0.15, 0.2) is 0 Å². The van der Waals surface area contributed by atoms with Gasteiger partial charge in [-0.3, -0.25) is 9.69 Å². The molecule has 0 aliphatic carbocycles. The van der Waals surface area contributed by atoms with Gasteiger partial charge in [-0.15, -0.1) is 0 Å². The summed E-state index contributed by atoms with van der Waals surface area (Å²) in [6.45, 7) is 5.03. The minimum Gasteiger partial charge on any atom is -0.391 e. The maximum atomic E-state index is 11.5. The van der Waals surface area contributed by atoms with E-state index in [9.17, 15) is 20.1 Å². The van der Waals surface area contributed by atoms with Gasteiger partial charge >= 0.3 is 0 Å². The monoisotopic (exact) mass is 258 g/mol. The lowest BCUT2D eigenvalue weighted by Gasteiger charge is -2.46. The van der Waals surface area contributed by atoms with Crippen LogP contribution in [0.5, 0.6) is 0 Å². The maximum Gasteiger partial charge on any atom is 0.219 e. The average molecular weight is 258 g/mol. The van der Waals surface area contributed by atoms with Crippen LogP contribution in [0.1, 0.15) is 20.3 Å². The normalized spacial score (nSPS) is 40.6. The molecule has 5 atom stereocenters. The van der Waals surface area contributed by atoms with Gasteiger partial charge in [0.15, 0.2) is 0 Å². The fourth-order valence-electron chi connectivity index (χ4n) is 3.27. The molecule has 0 spiro atoms. The molecule has 3 N–H and O–H groups in total. The van der Waals surface area contributed by atoms with Gasteiger partial charge in [0.2, 0.25) is 5.91 Å². The zero-order valence-electron chi connectivity index (χ0n) is 10.9. The number of piperidine rings is 1. The summed E-state index contributed by atoms with van der Waals surface area (Å²) < 4.78 is 0. The van der Waals surface area contributed by atoms with Crippen molar-refractivity contribution >= 4 is 5.91 Å². The second-order valence-electron chi connectivity index (χ2n) is 5.20. The molecule has 1 amide bonds. The van der Waals surface area contributed by atoms with E-state index in [1.54, 1.807) is 4.90 Å². The highest BCUT2D eigenvalue weighted by molar-refractivity contribution is 5.73. The van der Waals surface area contributed by atoms with Crippen LogP contribution in [0.25, 0.3) is 0 Å². The third-order valence-electron chi connectivity index (χ3n) is 4.19. The molecule has 0 unspecified atom stereocenters. The fraction of sp³-hybridized carbons (Fsp3) is 0.917. The number of aliphatic hydroxyl groups excluding tert-OH is 3. The van der Waals surface area contributed by atoms with E-state index in [0.717, 1.165) is 0 Å². The van der Waals surface area contributed by atoms with Crippen LogP contribution in [-0.4, -0.2) is 81.1 Å². The molecule has 2 fully saturated rings. The number of carbonyl (C=O) groups is 1. The van der Waals surface area contributed by atoms with Crippen molar-refractivity contribution in [1.29, 1.82) is 0 Å². The number of carbonyl (C=O) groups excluding carboxylic acids is 1. The number of aliphatic hydroxyl groups is 3. The Morgan fingerprint density at radius 3 is 2.56 bits per heavy atom. The lowest BCUT2D eigenvalue weighted by Crippen LogP contribution is -2.66. The van der Waals surface area contributed by atoms with E-state index in [-0.39, 0.29) is 5.91 Å². The summed E-state index contributed by atoms with van der Waals surface area (Å²) in [5.41, 5.74) is 0. The number of likely N-dealkylation sites (N-methyl/N-ethyl adjacent to an activating group) is 1. The minimum absolute atomic E-state index is 0.105. The maximum absolute atomic E-state index is 11.5. The lowest BCUT2D eigenvalue weighted by molar-refractivity contribution is -0.149. The number of nitrogens with zero attached hydrogens (tertiary/aromatic N) is 2. The Hall–Kier alpha value is -0.690. The fourth-order valence-corrected chi connectivity index (χ4v) is 3.27. The predicted octanol–water partition coefficient (Wildman–Crippen LogP) is -1.61. The average Bonchev–Trinajstić information content (AvgIpc) is 2.67. The largest absolute Gasteiger partial charge is 0.391 e. The molecule has 0 saturated carbocycles. The first-order valence-electron chi connectivity index (χ1n) is 6.52. The van der Waals surface area contributed by atoms with Crippen LogP contribution in [0.4, 0.5) is 0 Å². The van der Waals surface area contributed by atoms with E-state index in [1.807, 2.05) is 11.8 Å². The van der Waals surface area contributed by atoms with Gasteiger partial charge in [0, 0.05) is 26.6 Å². The van der Waals surface area contributed by atoms with E-state index in [4.69, 9.17) is 0 Å². The van der Waals surface area contributed by atoms with Crippen LogP contribution in [-0.2, 0) is 4.79 Å². The van der Waals surface area contributed by atoms with E-state index < -0.39 is 30.4 Å². The quantitative estimate of drug-likeness (QED) is 0.555. The van der Waals surface area contributed by atoms with Crippen LogP contribution < -0.4 is 0 Å². The molecule has 0 aromatic rings. The molecule has 0 aromatic carbocycles. The third kappa shape index (κ3) is 2.14. The molecule has 104 valence electrons. The molecular formula is C12H22N2O4. The summed E-state index contributed by atoms with van der Waals surface area (Å²) >= 11 is 0. The van der Waals surface area contributed by atoms with Crippen LogP contribution in [0.3, 0.4) is 0 Å². The molecule has 0 radical (unpaired) electrons. The van der Waals surface area contributed by atoms with Crippen LogP contribution >= 0.6 is 0 Å². The van der Waals surface area contributed by atoms with Crippen molar-refractivity contribution in [3.05, 3.63) is 0 Å². The van der Waals surface area contributed by atoms with Crippen LogP contribution in [0.2, 0.25) is 0 Å². The van der Waals surface area contributed by atoms with Gasteiger partial charge in [0.1, 0.15) is 6.10 Å². The summed E-state index contributed by atoms with van der Waals surface area (Å²) in [7, 11) is 0. The molecule has 2 aliphatic rings. The number of hydrogen-bond acceptors (Lipinski definition) is 5. The standard InChI is InChI=1S/C12H22N2O4/c1-3-14(7(2)15)8-6-13-5-4-9(16)10(13)12(18)11(8)17/h8-12,16-18H,3-6H2,1-2H3/t8-,9-,10+,11+,12+/m0/s1. The Kier molecular flexibility index (Phi) is 3.91. The zero-order chi connectivity index (χ0) is 13.4. The number of rotatable bonds is 2. The minimum atomic E-state index is -1.00. The second-order valence-corrected chi connectivity index (χ2v) is 5.20. The van der Waals surface area contributed by atoms with E-state index in [0.29, 0.717) is 26.1 Å². The topological polar surface area (TPSA) is 84.2 Å². The molecular weight excluding hydrogens is 236 g/mol. The van der Waals surface area contributed by atoms with Gasteiger partial charge in [-0.05, 0) is 13.3 Å². The highest BCUT2D eigenvalue weighted by atomic mass is 16.3. The van der Waals surface area contributed by atoms with E-state index in [2.05, 4.69) is 0 Å². The second kappa shape index (κ2) is 5.13. The zero-order valence-corrected chi connectivity index (χ0v) is 10.9. The number of fused-ring (bicyclic) bond motifs is 1. The molecule has 0 aromatic heterocycles. The van der Waals surface area contributed by atoms with Crippen molar-refractivity contribution in [2.45, 2.75) is 50.7 Å². The summed E-state index contributed by atoms with van der Waals surface area (Å²) in [5.74, 6) is -0.105. The van der Waals surface area contributed by atoms with Crippen molar-refractivity contribution in [1.82, 2.24) is 9.80 Å². The molecule has 2 rings (SSSR count). The predicted molar refractivity (Wildman–Crippen MR) is 64.8 cm³/mol. The molecule has 2 saturated heterocycles. The van der Waals surface area contributed by atoms with E-state index >= 15 is 0 Å². The molecule has 18 heavy (non-hydrogen) atoms. The first-order chi connectivity index (χ1) is 8.47. The Labute approximate surface area is 107 Å². The first kappa shape index (κ1) is 13.7. The first-order valence-corrected chi connectivity index (χ1v) is 6.52. The van der Waals surface area contributed by atoms with E-state index in [1.165, 1.54) is 6.92 Å². The summed E-state index contributed by atoms with van der Waals surface area (Å²) in [6.07, 6.45) is -1.99. The van der Waals surface area contributed by atoms with Crippen LogP contribution in [0, 0.1) is 0 Å². The highest BCUT2D eigenvalue weighted by Crippen LogP contribution is 2.30. The molecule has 6 nitrogen and oxygen atoms in total. The van der Waals surface area contributed by atoms with Gasteiger partial charge < -0.3 is 20.2 Å². The van der Waals surface area contributed by atoms with Crippen molar-refractivity contribution < 1.29 is 20.1 Å². The Morgan fingerprint density at radius 2 is 2.00 bits per heavy atom. The van der Waals surface area contributed by atoms with Gasteiger partial charge in [0.25, 0.3) is 0 Å². The number of amides is 1. The lowest BCUT2D eigenvalue weighted by atomic mass is 9.90. The third-order valence-corrected chi connectivity index (χ3v) is 4.19. The van der Waals surface area contributed by atoms with Gasteiger partial charge in [0.05, 0.1) is 24.3 Å². The Morgan fingerprint density at radius 1 is 1.33 bits per heavy atom. The molecule has 2 heterocycles. The smallest absolute Gasteiger partial charge is 0.219 e. The summed E-state index contributed by atoms with van der Waals surface area (Å²) in [4.78, 5) is 15.1. The van der Waals surface area contributed by atoms with Gasteiger partial charge in [-0.1, -0.05) is 0 Å². The molecule has 0 bridgehead atoms. The Balaban J connectivity index is 2.17. The number of hydrogen-bond donors (Lipinski definition) is 3. The highest BCUT2D eigenvalue weighted by Gasteiger charge is 2.49. The van der Waals surface area contributed by atoms with Gasteiger partial charge in [-0.25, -0.2) is 0 Å². The van der Waals surface area contributed by atoms with Crippen molar-refractivity contribution in [2.24, 2.45) is 0 Å². The van der Waals surface area contributed by atoms with Crippen molar-refractivity contribution in [2.75, 3.05) is 19.6 Å². The Bertz CT molecular complexity index is 325. The van der Waals surface area contributed by atoms with Crippen molar-refractivity contribution in [3.63, 3.8) is 0 Å². The molecule has 2 aliphatic heterocycles. The van der Waals surface area contributed by atoms with Crippen molar-refractivity contribution in [3.8, 4) is 0 Å². The summed E-state index contributed by atoms with van der Waals surface area (Å²) in [5, 5.41) is 30.1. The van der Waals surface area contributed by atoms with Gasteiger partial charge in [-0.2, -0.15) is 0 Å². The SMILES string of the molecule is CCN(C(C)=O)[C@H]1CN2CC[C@H](O)[C@@H]2[C@@H](O)[C@@H]1O. The summed E-state index contributed by atoms with van der Waals surface area (Å²) in [6, 6.07) is -0.800.